The maximum absolute atomic E-state index is 12.4. The highest BCUT2D eigenvalue weighted by atomic mass is 16.5. The monoisotopic (exact) mass is 260 g/mol. The molecule has 0 N–H and O–H groups in total. The Kier molecular flexibility index (Phi) is 2.62. The molecule has 1 saturated heterocycles. The normalized spacial score (nSPS) is 40.5. The van der Waals surface area contributed by atoms with Gasteiger partial charge in [0.25, 0.3) is 0 Å². The van der Waals surface area contributed by atoms with E-state index in [4.69, 9.17) is 4.74 Å². The van der Waals surface area contributed by atoms with Gasteiger partial charge in [0, 0.05) is 12.3 Å². The number of fused-ring (bicyclic) bond motifs is 2. The molecule has 102 valence electrons. The van der Waals surface area contributed by atoms with E-state index in [0.717, 1.165) is 12.8 Å². The van der Waals surface area contributed by atoms with E-state index in [2.05, 4.69) is 13.0 Å². The van der Waals surface area contributed by atoms with Crippen molar-refractivity contribution in [2.45, 2.75) is 51.2 Å². The molecule has 1 aliphatic heterocycles. The molecule has 0 radical (unpaired) electrons. The van der Waals surface area contributed by atoms with E-state index in [1.54, 1.807) is 0 Å². The molecule has 3 atom stereocenters. The summed E-state index contributed by atoms with van der Waals surface area (Å²) in [4.78, 5) is 24.2. The van der Waals surface area contributed by atoms with Crippen LogP contribution in [0.15, 0.2) is 23.8 Å². The average Bonchev–Trinajstić information content (AvgIpc) is 2.53. The Morgan fingerprint density at radius 3 is 2.74 bits per heavy atom. The second-order valence-electron chi connectivity index (χ2n) is 6.62. The van der Waals surface area contributed by atoms with Crippen molar-refractivity contribution in [2.75, 3.05) is 0 Å². The number of carbonyl (C=O) groups excluding carboxylic acids is 2. The Morgan fingerprint density at radius 2 is 2.00 bits per heavy atom. The van der Waals surface area contributed by atoms with Crippen LogP contribution in [0.5, 0.6) is 0 Å². The first kappa shape index (κ1) is 12.8. The van der Waals surface area contributed by atoms with Crippen molar-refractivity contribution in [1.82, 2.24) is 0 Å². The van der Waals surface area contributed by atoms with Crippen LogP contribution in [0.1, 0.15) is 40.0 Å². The van der Waals surface area contributed by atoms with Gasteiger partial charge in [-0.2, -0.15) is 0 Å². The summed E-state index contributed by atoms with van der Waals surface area (Å²) in [6.07, 6.45) is 7.25. The van der Waals surface area contributed by atoms with E-state index in [1.807, 2.05) is 13.8 Å². The van der Waals surface area contributed by atoms with Crippen LogP contribution in [0, 0.1) is 11.8 Å². The molecule has 0 amide bonds. The number of allylic oxidation sites excluding steroid dienone is 2. The zero-order valence-electron chi connectivity index (χ0n) is 11.7. The van der Waals surface area contributed by atoms with Crippen LogP contribution in [0.3, 0.4) is 0 Å². The van der Waals surface area contributed by atoms with Crippen LogP contribution in [-0.2, 0) is 14.3 Å². The quantitative estimate of drug-likeness (QED) is 0.629. The van der Waals surface area contributed by atoms with Gasteiger partial charge in [-0.15, -0.1) is 0 Å². The lowest BCUT2D eigenvalue weighted by Gasteiger charge is -2.35. The Labute approximate surface area is 113 Å². The van der Waals surface area contributed by atoms with E-state index in [-0.39, 0.29) is 29.5 Å². The van der Waals surface area contributed by atoms with Crippen molar-refractivity contribution in [2.24, 2.45) is 11.8 Å². The van der Waals surface area contributed by atoms with Gasteiger partial charge < -0.3 is 4.74 Å². The Morgan fingerprint density at radius 1 is 1.26 bits per heavy atom. The van der Waals surface area contributed by atoms with Crippen molar-refractivity contribution in [3.8, 4) is 0 Å². The molecular weight excluding hydrogens is 240 g/mol. The predicted octanol–water partition coefficient (Wildman–Crippen LogP) is 2.60. The SMILES string of the molecule is CC1=C[C@@H]2[C@@H](CC1)C(C)(C)O[C@]21CC(=O)C=CC1=O. The minimum absolute atomic E-state index is 0.00678. The second-order valence-corrected chi connectivity index (χ2v) is 6.62. The maximum Gasteiger partial charge on any atom is 0.188 e. The molecule has 0 aromatic heterocycles. The van der Waals surface area contributed by atoms with Crippen molar-refractivity contribution < 1.29 is 14.3 Å². The van der Waals surface area contributed by atoms with E-state index >= 15 is 0 Å². The molecule has 0 saturated carbocycles. The van der Waals surface area contributed by atoms with E-state index in [1.165, 1.54) is 17.7 Å². The first-order valence-corrected chi connectivity index (χ1v) is 6.98. The Bertz CT molecular complexity index is 512. The fourth-order valence-corrected chi connectivity index (χ4v) is 4.00. The van der Waals surface area contributed by atoms with Crippen LogP contribution in [-0.4, -0.2) is 22.8 Å². The molecule has 19 heavy (non-hydrogen) atoms. The first-order valence-electron chi connectivity index (χ1n) is 6.98. The van der Waals surface area contributed by atoms with Gasteiger partial charge in [0.05, 0.1) is 5.60 Å². The summed E-state index contributed by atoms with van der Waals surface area (Å²) in [6.45, 7) is 6.19. The highest BCUT2D eigenvalue weighted by molar-refractivity contribution is 6.10. The summed E-state index contributed by atoms with van der Waals surface area (Å²) in [6, 6.07) is 0. The summed E-state index contributed by atoms with van der Waals surface area (Å²) in [7, 11) is 0. The van der Waals surface area contributed by atoms with E-state index in [9.17, 15) is 9.59 Å². The number of carbonyl (C=O) groups is 2. The maximum atomic E-state index is 12.4. The van der Waals surface area contributed by atoms with E-state index < -0.39 is 5.60 Å². The lowest BCUT2D eigenvalue weighted by molar-refractivity contribution is -0.154. The number of ether oxygens (including phenoxy) is 1. The molecule has 3 aliphatic rings. The fraction of sp³-hybridized carbons (Fsp3) is 0.625. The van der Waals surface area contributed by atoms with Crippen LogP contribution in [0.2, 0.25) is 0 Å². The molecular formula is C16H20O3. The van der Waals surface area contributed by atoms with Crippen molar-refractivity contribution in [1.29, 1.82) is 0 Å². The highest BCUT2D eigenvalue weighted by Gasteiger charge is 2.62. The molecule has 1 spiro atoms. The van der Waals surface area contributed by atoms with Crippen LogP contribution < -0.4 is 0 Å². The molecule has 0 unspecified atom stereocenters. The summed E-state index contributed by atoms with van der Waals surface area (Å²) < 4.78 is 6.19. The summed E-state index contributed by atoms with van der Waals surface area (Å²) in [5, 5.41) is 0. The number of hydrogen-bond acceptors (Lipinski definition) is 3. The van der Waals surface area contributed by atoms with Gasteiger partial charge in [-0.3, -0.25) is 9.59 Å². The zero-order chi connectivity index (χ0) is 13.8. The smallest absolute Gasteiger partial charge is 0.188 e. The van der Waals surface area contributed by atoms with Crippen LogP contribution >= 0.6 is 0 Å². The fourth-order valence-electron chi connectivity index (χ4n) is 4.00. The van der Waals surface area contributed by atoms with Gasteiger partial charge in [0.2, 0.25) is 0 Å². The molecule has 3 heteroatoms. The second kappa shape index (κ2) is 3.89. The third-order valence-electron chi connectivity index (χ3n) is 4.90. The highest BCUT2D eigenvalue weighted by Crippen LogP contribution is 2.54. The lowest BCUT2D eigenvalue weighted by Crippen LogP contribution is -2.48. The molecule has 1 fully saturated rings. The lowest BCUT2D eigenvalue weighted by atomic mass is 9.66. The number of hydrogen-bond donors (Lipinski definition) is 0. The van der Waals surface area contributed by atoms with Crippen molar-refractivity contribution >= 4 is 11.6 Å². The van der Waals surface area contributed by atoms with Crippen LogP contribution in [0.25, 0.3) is 0 Å². The molecule has 0 aromatic carbocycles. The van der Waals surface area contributed by atoms with Gasteiger partial charge in [-0.1, -0.05) is 11.6 Å². The molecule has 3 nitrogen and oxygen atoms in total. The third kappa shape index (κ3) is 1.75. The minimum Gasteiger partial charge on any atom is -0.360 e. The third-order valence-corrected chi connectivity index (χ3v) is 4.90. The first-order chi connectivity index (χ1) is 8.85. The standard InChI is InChI=1S/C16H20O3/c1-10-4-6-12-13(8-10)16(19-15(12,2)3)9-11(17)5-7-14(16)18/h5,7-8,12-13H,4,6,9H2,1-3H3/t12-,13-,16-/m1/s1. The summed E-state index contributed by atoms with van der Waals surface area (Å²) in [5.74, 6) is 0.309. The Hall–Kier alpha value is -1.22. The zero-order valence-corrected chi connectivity index (χ0v) is 11.7. The summed E-state index contributed by atoms with van der Waals surface area (Å²) in [5.41, 5.74) is 0.0155. The predicted molar refractivity (Wildman–Crippen MR) is 71.6 cm³/mol. The Balaban J connectivity index is 2.11. The summed E-state index contributed by atoms with van der Waals surface area (Å²) >= 11 is 0. The van der Waals surface area contributed by atoms with Crippen LogP contribution in [0.4, 0.5) is 0 Å². The van der Waals surface area contributed by atoms with E-state index in [0.29, 0.717) is 5.92 Å². The van der Waals surface area contributed by atoms with Gasteiger partial charge in [-0.05, 0) is 51.7 Å². The van der Waals surface area contributed by atoms with Crippen molar-refractivity contribution in [3.05, 3.63) is 23.8 Å². The molecule has 2 aliphatic carbocycles. The number of ketones is 2. The van der Waals surface area contributed by atoms with Gasteiger partial charge in [0.1, 0.15) is 5.60 Å². The molecule has 0 bridgehead atoms. The largest absolute Gasteiger partial charge is 0.360 e. The molecule has 0 aromatic rings. The number of rotatable bonds is 0. The molecule has 1 heterocycles. The van der Waals surface area contributed by atoms with Gasteiger partial charge >= 0.3 is 0 Å². The van der Waals surface area contributed by atoms with Crippen molar-refractivity contribution in [3.63, 3.8) is 0 Å². The van der Waals surface area contributed by atoms with Gasteiger partial charge in [0.15, 0.2) is 11.6 Å². The van der Waals surface area contributed by atoms with Gasteiger partial charge in [-0.25, -0.2) is 0 Å². The average molecular weight is 260 g/mol. The topological polar surface area (TPSA) is 43.4 Å². The molecule has 3 rings (SSSR count). The minimum atomic E-state index is -0.943.